The first kappa shape index (κ1) is 17.2. The summed E-state index contributed by atoms with van der Waals surface area (Å²) in [5, 5.41) is 20.1. The van der Waals surface area contributed by atoms with Crippen LogP contribution in [0, 0.1) is 0 Å². The molecule has 0 heterocycles. The quantitative estimate of drug-likeness (QED) is 0.611. The van der Waals surface area contributed by atoms with Gasteiger partial charge in [-0.15, -0.1) is 24.8 Å². The fraction of sp³-hybridized carbons (Fsp3) is 0.222. The third-order valence-electron chi connectivity index (χ3n) is 1.70. The predicted molar refractivity (Wildman–Crippen MR) is 67.5 cm³/mol. The highest BCUT2D eigenvalue weighted by atomic mass is 35.5. The van der Waals surface area contributed by atoms with E-state index in [0.717, 1.165) is 5.69 Å². The zero-order chi connectivity index (χ0) is 10.6. The van der Waals surface area contributed by atoms with Crippen molar-refractivity contribution in [2.75, 3.05) is 17.6 Å². The molecule has 16 heavy (non-hydrogen) atoms. The summed E-state index contributed by atoms with van der Waals surface area (Å²) < 4.78 is 0. The monoisotopic (exact) mass is 268 g/mol. The smallest absolute Gasteiger partial charge is 0.334 e. The van der Waals surface area contributed by atoms with Gasteiger partial charge in [-0.25, -0.2) is 4.79 Å². The van der Waals surface area contributed by atoms with Gasteiger partial charge in [0.1, 0.15) is 0 Å². The number of halogens is 2. The van der Waals surface area contributed by atoms with E-state index in [1.54, 1.807) is 24.3 Å². The molecule has 5 nitrogen and oxygen atoms in total. The topological polar surface area (TPSA) is 95.6 Å². The number of hydrogen-bond acceptors (Lipinski definition) is 4. The highest BCUT2D eigenvalue weighted by Gasteiger charge is 2.11. The highest BCUT2D eigenvalue weighted by molar-refractivity contribution is 5.85. The van der Waals surface area contributed by atoms with Crippen molar-refractivity contribution in [3.8, 4) is 0 Å². The van der Waals surface area contributed by atoms with E-state index in [4.69, 9.17) is 15.9 Å². The Morgan fingerprint density at radius 3 is 2.25 bits per heavy atom. The number of carboxylic acid groups (broad SMARTS) is 1. The number of aliphatic carboxylic acids is 1. The van der Waals surface area contributed by atoms with Crippen molar-refractivity contribution in [3.63, 3.8) is 0 Å². The van der Waals surface area contributed by atoms with E-state index < -0.39 is 12.1 Å². The van der Waals surface area contributed by atoms with Crippen LogP contribution in [0.25, 0.3) is 0 Å². The molecule has 0 amide bonds. The van der Waals surface area contributed by atoms with Crippen LogP contribution in [0.15, 0.2) is 24.3 Å². The average Bonchev–Trinajstić information content (AvgIpc) is 2.16. The number of nitrogen functional groups attached to an aromatic ring is 1. The fourth-order valence-electron chi connectivity index (χ4n) is 0.903. The normalized spacial score (nSPS) is 10.6. The maximum Gasteiger partial charge on any atom is 0.334 e. The predicted octanol–water partition coefficient (Wildman–Crippen LogP) is 0.970. The van der Waals surface area contributed by atoms with Gasteiger partial charge in [0.2, 0.25) is 0 Å². The maximum absolute atomic E-state index is 10.3. The standard InChI is InChI=1S/C9H12N2O3.2ClH/c10-6-1-3-7(4-2-6)11-5-8(12)9(13)14;;/h1-4,8,11-12H,5,10H2,(H,13,14);2*1H. The van der Waals surface area contributed by atoms with Crippen LogP contribution in [0.4, 0.5) is 11.4 Å². The third-order valence-corrected chi connectivity index (χ3v) is 1.70. The first-order chi connectivity index (χ1) is 6.59. The number of benzene rings is 1. The molecular formula is C9H14Cl2N2O3. The molecule has 0 radical (unpaired) electrons. The Bertz CT molecular complexity index is 319. The molecule has 0 bridgehead atoms. The molecule has 1 aromatic rings. The molecular weight excluding hydrogens is 255 g/mol. The number of aliphatic hydroxyl groups excluding tert-OH is 1. The van der Waals surface area contributed by atoms with Crippen molar-refractivity contribution in [2.45, 2.75) is 6.10 Å². The summed E-state index contributed by atoms with van der Waals surface area (Å²) in [4.78, 5) is 10.3. The number of aliphatic hydroxyl groups is 1. The summed E-state index contributed by atoms with van der Waals surface area (Å²) in [6.45, 7) is -0.0285. The van der Waals surface area contributed by atoms with E-state index in [1.807, 2.05) is 0 Å². The number of nitrogens with two attached hydrogens (primary N) is 1. The van der Waals surface area contributed by atoms with E-state index in [-0.39, 0.29) is 31.4 Å². The minimum absolute atomic E-state index is 0. The second-order valence-corrected chi connectivity index (χ2v) is 2.86. The minimum atomic E-state index is -1.40. The molecule has 0 aliphatic carbocycles. The average molecular weight is 269 g/mol. The highest BCUT2D eigenvalue weighted by Crippen LogP contribution is 2.10. The van der Waals surface area contributed by atoms with Gasteiger partial charge in [-0.3, -0.25) is 0 Å². The van der Waals surface area contributed by atoms with Gasteiger partial charge < -0.3 is 21.3 Å². The van der Waals surface area contributed by atoms with Crippen LogP contribution in [0.3, 0.4) is 0 Å². The molecule has 0 aliphatic heterocycles. The lowest BCUT2D eigenvalue weighted by Gasteiger charge is -2.08. The second-order valence-electron chi connectivity index (χ2n) is 2.86. The Morgan fingerprint density at radius 1 is 1.31 bits per heavy atom. The van der Waals surface area contributed by atoms with Crippen LogP contribution >= 0.6 is 24.8 Å². The second kappa shape index (κ2) is 8.04. The molecule has 0 spiro atoms. The lowest BCUT2D eigenvalue weighted by Crippen LogP contribution is -2.28. The molecule has 1 atom stereocenters. The lowest BCUT2D eigenvalue weighted by atomic mass is 10.2. The zero-order valence-electron chi connectivity index (χ0n) is 8.29. The number of nitrogens with one attached hydrogen (secondary N) is 1. The number of carbonyl (C=O) groups is 1. The van der Waals surface area contributed by atoms with Crippen LogP contribution in [0.5, 0.6) is 0 Å². The first-order valence-corrected chi connectivity index (χ1v) is 4.10. The Hall–Kier alpha value is -1.17. The molecule has 5 N–H and O–H groups in total. The molecule has 0 fully saturated rings. The summed E-state index contributed by atoms with van der Waals surface area (Å²) in [6.07, 6.45) is -1.40. The maximum atomic E-state index is 10.3. The SMILES string of the molecule is Cl.Cl.Nc1ccc(NCC(O)C(=O)O)cc1. The number of rotatable bonds is 4. The molecule has 7 heteroatoms. The van der Waals surface area contributed by atoms with Crippen LogP contribution in [0.1, 0.15) is 0 Å². The van der Waals surface area contributed by atoms with Gasteiger partial charge in [0.05, 0.1) is 6.54 Å². The Labute approximate surface area is 105 Å². The molecule has 0 saturated carbocycles. The van der Waals surface area contributed by atoms with Crippen molar-refractivity contribution in [2.24, 2.45) is 0 Å². The molecule has 1 rings (SSSR count). The minimum Gasteiger partial charge on any atom is -0.479 e. The van der Waals surface area contributed by atoms with Crippen LogP contribution < -0.4 is 11.1 Å². The van der Waals surface area contributed by atoms with Crippen molar-refractivity contribution in [3.05, 3.63) is 24.3 Å². The summed E-state index contributed by atoms with van der Waals surface area (Å²) in [6, 6.07) is 6.80. The van der Waals surface area contributed by atoms with Gasteiger partial charge >= 0.3 is 5.97 Å². The zero-order valence-corrected chi connectivity index (χ0v) is 9.92. The third kappa shape index (κ3) is 5.65. The van der Waals surface area contributed by atoms with Gasteiger partial charge in [0, 0.05) is 11.4 Å². The van der Waals surface area contributed by atoms with Gasteiger partial charge in [-0.05, 0) is 24.3 Å². The fourth-order valence-corrected chi connectivity index (χ4v) is 0.903. The van der Waals surface area contributed by atoms with Crippen molar-refractivity contribution in [1.82, 2.24) is 0 Å². The first-order valence-electron chi connectivity index (χ1n) is 4.10. The van der Waals surface area contributed by atoms with Crippen molar-refractivity contribution >= 4 is 42.2 Å². The van der Waals surface area contributed by atoms with Crippen LogP contribution in [0.2, 0.25) is 0 Å². The largest absolute Gasteiger partial charge is 0.479 e. The van der Waals surface area contributed by atoms with Crippen molar-refractivity contribution in [1.29, 1.82) is 0 Å². The molecule has 92 valence electrons. The Balaban J connectivity index is 0. The van der Waals surface area contributed by atoms with Gasteiger partial charge in [-0.2, -0.15) is 0 Å². The lowest BCUT2D eigenvalue weighted by molar-refractivity contribution is -0.145. The van der Waals surface area contributed by atoms with E-state index >= 15 is 0 Å². The van der Waals surface area contributed by atoms with E-state index in [1.165, 1.54) is 0 Å². The summed E-state index contributed by atoms with van der Waals surface area (Å²) in [7, 11) is 0. The summed E-state index contributed by atoms with van der Waals surface area (Å²) >= 11 is 0. The summed E-state index contributed by atoms with van der Waals surface area (Å²) in [5.74, 6) is -1.24. The van der Waals surface area contributed by atoms with E-state index in [9.17, 15) is 4.79 Å². The van der Waals surface area contributed by atoms with Crippen LogP contribution in [-0.2, 0) is 4.79 Å². The number of carboxylic acids is 1. The molecule has 1 unspecified atom stereocenters. The number of anilines is 2. The Kier molecular flexibility index (Phi) is 8.66. The van der Waals surface area contributed by atoms with E-state index in [0.29, 0.717) is 5.69 Å². The molecule has 0 aromatic heterocycles. The number of hydrogen-bond donors (Lipinski definition) is 4. The molecule has 0 aliphatic rings. The Morgan fingerprint density at radius 2 is 1.81 bits per heavy atom. The summed E-state index contributed by atoms with van der Waals surface area (Å²) in [5.41, 5.74) is 6.81. The van der Waals surface area contributed by atoms with Gasteiger partial charge in [-0.1, -0.05) is 0 Å². The molecule has 1 aromatic carbocycles. The van der Waals surface area contributed by atoms with Gasteiger partial charge in [0.25, 0.3) is 0 Å². The van der Waals surface area contributed by atoms with Crippen molar-refractivity contribution < 1.29 is 15.0 Å². The van der Waals surface area contributed by atoms with E-state index in [2.05, 4.69) is 5.32 Å². The van der Waals surface area contributed by atoms with Gasteiger partial charge in [0.15, 0.2) is 6.10 Å². The molecule has 0 saturated heterocycles. The van der Waals surface area contributed by atoms with Crippen LogP contribution in [-0.4, -0.2) is 28.8 Å².